The molecule has 278 valence electrons. The summed E-state index contributed by atoms with van der Waals surface area (Å²) in [6, 6.07) is 14.8. The minimum Gasteiger partial charge on any atom is -0.465 e. The Morgan fingerprint density at radius 1 is 1.04 bits per heavy atom. The molecule has 0 aromatic heterocycles. The number of hydrogen-bond donors (Lipinski definition) is 4. The second-order valence-electron chi connectivity index (χ2n) is 13.4. The highest BCUT2D eigenvalue weighted by molar-refractivity contribution is 7.89. The van der Waals surface area contributed by atoms with Gasteiger partial charge in [0, 0.05) is 59.8 Å². The van der Waals surface area contributed by atoms with Gasteiger partial charge in [-0.2, -0.15) is 0 Å². The molecule has 3 aromatic carbocycles. The molecule has 1 saturated heterocycles. The molecule has 0 spiro atoms. The van der Waals surface area contributed by atoms with E-state index in [1.165, 1.54) is 42.5 Å². The molecule has 0 unspecified atom stereocenters. The summed E-state index contributed by atoms with van der Waals surface area (Å²) >= 11 is 0. The van der Waals surface area contributed by atoms with Crippen LogP contribution in [-0.2, 0) is 26.0 Å². The van der Waals surface area contributed by atoms with Crippen molar-refractivity contribution < 1.29 is 41.7 Å². The van der Waals surface area contributed by atoms with Gasteiger partial charge in [-0.15, -0.1) is 0 Å². The minimum atomic E-state index is -4.14. The summed E-state index contributed by atoms with van der Waals surface area (Å²) in [4.78, 5) is 30.2. The summed E-state index contributed by atoms with van der Waals surface area (Å²) in [5.74, 6) is -2.69. The fourth-order valence-corrected chi connectivity index (χ4v) is 8.05. The Kier molecular flexibility index (Phi) is 12.8. The number of aliphatic hydroxyl groups excluding tert-OH is 1. The molecule has 0 radical (unpaired) electrons. The molecule has 3 atom stereocenters. The zero-order valence-electron chi connectivity index (χ0n) is 28.4. The lowest BCUT2D eigenvalue weighted by Crippen LogP contribution is -2.47. The topological polar surface area (TPSA) is 194 Å². The maximum absolute atomic E-state index is 15.6. The lowest BCUT2D eigenvalue weighted by molar-refractivity contribution is -0.118. The molecule has 3 aromatic rings. The lowest BCUT2D eigenvalue weighted by atomic mass is 9.76. The van der Waals surface area contributed by atoms with Crippen LogP contribution in [0.15, 0.2) is 82.8 Å². The van der Waals surface area contributed by atoms with E-state index in [9.17, 15) is 38.1 Å². The van der Waals surface area contributed by atoms with Gasteiger partial charge in [-0.25, -0.2) is 26.7 Å². The first kappa shape index (κ1) is 38.6. The predicted molar refractivity (Wildman–Crippen MR) is 188 cm³/mol. The molecule has 1 heterocycles. The first-order chi connectivity index (χ1) is 24.9. The highest BCUT2D eigenvalue weighted by Gasteiger charge is 2.45. The average Bonchev–Trinajstić information content (AvgIpc) is 3.92. The second-order valence-corrected chi connectivity index (χ2v) is 15.1. The number of hydrogen-bond acceptors (Lipinski definition) is 7. The Balaban J connectivity index is 1.41. The fourth-order valence-electron chi connectivity index (χ4n) is 6.77. The van der Waals surface area contributed by atoms with Gasteiger partial charge in [0.05, 0.1) is 11.5 Å². The van der Waals surface area contributed by atoms with Crippen LogP contribution in [0.25, 0.3) is 10.4 Å². The van der Waals surface area contributed by atoms with Crippen molar-refractivity contribution in [3.63, 3.8) is 0 Å². The third kappa shape index (κ3) is 9.83. The van der Waals surface area contributed by atoms with Gasteiger partial charge in [0.25, 0.3) is 0 Å². The number of anilines is 1. The quantitative estimate of drug-likeness (QED) is 0.0760. The molecule has 0 bridgehead atoms. The minimum absolute atomic E-state index is 0.00740. The molecule has 1 saturated carbocycles. The number of nitrogens with zero attached hydrogens (tertiary/aromatic N) is 4. The molecule has 52 heavy (non-hydrogen) atoms. The number of sulfonamides is 1. The number of aliphatic hydroxyl groups is 1. The Morgan fingerprint density at radius 3 is 2.35 bits per heavy atom. The van der Waals surface area contributed by atoms with Crippen LogP contribution < -0.4 is 10.0 Å². The number of amides is 2. The molecule has 2 aliphatic rings. The van der Waals surface area contributed by atoms with Crippen molar-refractivity contribution in [3.8, 4) is 0 Å². The number of benzene rings is 3. The Hall–Kier alpha value is -4.60. The normalized spacial score (nSPS) is 17.3. The summed E-state index contributed by atoms with van der Waals surface area (Å²) in [6.07, 6.45) is 0.864. The highest BCUT2D eigenvalue weighted by atomic mass is 32.2. The van der Waals surface area contributed by atoms with Gasteiger partial charge in [0.1, 0.15) is 17.7 Å². The SMILES string of the molecule is [N-]=[N+]=N[C@H](C(=O)Nc1cccc(F)c1CC[C@H](CN(CC1(CO)CC1)C(=O)O)NS(=O)(=O)c1ccccc1)[C@@H](c1ccc(F)cc1)C1CCOCC1. The van der Waals surface area contributed by atoms with Crippen molar-refractivity contribution in [3.05, 3.63) is 106 Å². The van der Waals surface area contributed by atoms with E-state index in [0.717, 1.165) is 4.90 Å². The largest absolute Gasteiger partial charge is 0.465 e. The van der Waals surface area contributed by atoms with Crippen molar-refractivity contribution in [2.24, 2.45) is 16.4 Å². The van der Waals surface area contributed by atoms with Crippen LogP contribution in [0, 0.1) is 23.0 Å². The van der Waals surface area contributed by atoms with Crippen molar-refractivity contribution in [2.45, 2.75) is 61.4 Å². The van der Waals surface area contributed by atoms with Crippen LogP contribution in [0.4, 0.5) is 19.3 Å². The lowest BCUT2D eigenvalue weighted by Gasteiger charge is -2.34. The van der Waals surface area contributed by atoms with E-state index in [-0.39, 0.29) is 54.6 Å². The standard InChI is InChI=1S/C36H42F2N6O7S/c37-26-11-9-24(10-12-26)32(25-15-19-51-20-16-25)33(41-43-39)34(46)40-31-8-4-7-30(38)29(31)14-13-27(42-52(49,50)28-5-2-1-3-6-28)21-44(35(47)48)22-36(23-45)17-18-36/h1-12,25,27,32-33,42,45H,13-23H2,(H,40,46)(H,47,48)/t27-,32+,33+/m1/s1. The smallest absolute Gasteiger partial charge is 0.407 e. The van der Waals surface area contributed by atoms with Crippen molar-refractivity contribution in [1.29, 1.82) is 0 Å². The number of halogens is 2. The van der Waals surface area contributed by atoms with Crippen LogP contribution in [0.5, 0.6) is 0 Å². The van der Waals surface area contributed by atoms with Crippen LogP contribution in [0.1, 0.15) is 49.1 Å². The van der Waals surface area contributed by atoms with Crippen molar-refractivity contribution in [1.82, 2.24) is 9.62 Å². The molecular formula is C36H42F2N6O7S. The molecule has 2 amide bonds. The number of ether oxygens (including phenoxy) is 1. The van der Waals surface area contributed by atoms with E-state index < -0.39 is 57.1 Å². The number of nitrogens with one attached hydrogen (secondary N) is 2. The number of carbonyl (C=O) groups is 2. The highest BCUT2D eigenvalue weighted by Crippen LogP contribution is 2.45. The maximum Gasteiger partial charge on any atom is 0.407 e. The van der Waals surface area contributed by atoms with E-state index >= 15 is 4.39 Å². The van der Waals surface area contributed by atoms with Gasteiger partial charge < -0.3 is 25.2 Å². The first-order valence-corrected chi connectivity index (χ1v) is 18.6. The predicted octanol–water partition coefficient (Wildman–Crippen LogP) is 5.82. The van der Waals surface area contributed by atoms with Gasteiger partial charge in [-0.3, -0.25) is 4.79 Å². The first-order valence-electron chi connectivity index (χ1n) is 17.1. The third-order valence-electron chi connectivity index (χ3n) is 9.84. The van der Waals surface area contributed by atoms with Crippen molar-refractivity contribution in [2.75, 3.05) is 38.2 Å². The Labute approximate surface area is 300 Å². The molecule has 5 rings (SSSR count). The molecule has 1 aliphatic heterocycles. The second kappa shape index (κ2) is 17.3. The van der Waals surface area contributed by atoms with E-state index in [1.54, 1.807) is 30.3 Å². The fraction of sp³-hybridized carbons (Fsp3) is 0.444. The van der Waals surface area contributed by atoms with Crippen LogP contribution in [0.3, 0.4) is 0 Å². The molecule has 13 nitrogen and oxygen atoms in total. The third-order valence-corrected chi connectivity index (χ3v) is 11.4. The van der Waals surface area contributed by atoms with Crippen molar-refractivity contribution >= 4 is 27.7 Å². The zero-order valence-corrected chi connectivity index (χ0v) is 29.2. The van der Waals surface area contributed by atoms with E-state index in [1.807, 2.05) is 0 Å². The Bertz CT molecular complexity index is 1850. The molecule has 1 aliphatic carbocycles. The van der Waals surface area contributed by atoms with E-state index in [4.69, 9.17) is 4.74 Å². The monoisotopic (exact) mass is 740 g/mol. The number of azide groups is 1. The zero-order chi connectivity index (χ0) is 37.3. The Morgan fingerprint density at radius 2 is 1.73 bits per heavy atom. The summed E-state index contributed by atoms with van der Waals surface area (Å²) < 4.78 is 64.3. The maximum atomic E-state index is 15.6. The van der Waals surface area contributed by atoms with Crippen LogP contribution >= 0.6 is 0 Å². The number of rotatable bonds is 17. The number of carboxylic acid groups (broad SMARTS) is 1. The molecule has 2 fully saturated rings. The van der Waals surface area contributed by atoms with Gasteiger partial charge in [0.2, 0.25) is 15.9 Å². The summed E-state index contributed by atoms with van der Waals surface area (Å²) in [6.45, 7) is 0.338. The van der Waals surface area contributed by atoms with E-state index in [0.29, 0.717) is 44.5 Å². The van der Waals surface area contributed by atoms with Gasteiger partial charge >= 0.3 is 6.09 Å². The summed E-state index contributed by atoms with van der Waals surface area (Å²) in [7, 11) is -4.14. The van der Waals surface area contributed by atoms with E-state index in [2.05, 4.69) is 20.1 Å². The van der Waals surface area contributed by atoms with Gasteiger partial charge in [0.15, 0.2) is 0 Å². The summed E-state index contributed by atoms with van der Waals surface area (Å²) in [5.41, 5.74) is 9.61. The molecular weight excluding hydrogens is 698 g/mol. The van der Waals surface area contributed by atoms with Crippen LogP contribution in [0.2, 0.25) is 0 Å². The van der Waals surface area contributed by atoms with Gasteiger partial charge in [-0.1, -0.05) is 41.5 Å². The van der Waals surface area contributed by atoms with Crippen LogP contribution in [-0.4, -0.2) is 80.5 Å². The average molecular weight is 741 g/mol. The summed E-state index contributed by atoms with van der Waals surface area (Å²) in [5, 5.41) is 26.5. The number of carbonyl (C=O) groups excluding carboxylic acids is 1. The van der Waals surface area contributed by atoms with Gasteiger partial charge in [-0.05, 0) is 91.9 Å². The molecule has 16 heteroatoms. The molecule has 4 N–H and O–H groups in total.